The van der Waals surface area contributed by atoms with Gasteiger partial charge in [0.2, 0.25) is 0 Å². The van der Waals surface area contributed by atoms with Crippen molar-refractivity contribution in [3.63, 3.8) is 0 Å². The van der Waals surface area contributed by atoms with Gasteiger partial charge in [-0.25, -0.2) is 9.67 Å². The molecule has 3 rings (SSSR count). The summed E-state index contributed by atoms with van der Waals surface area (Å²) in [6.07, 6.45) is 6.11. The molecule has 0 amide bonds. The molecule has 8 nitrogen and oxygen atoms in total. The van der Waals surface area contributed by atoms with Crippen molar-refractivity contribution in [1.29, 1.82) is 0 Å². The Labute approximate surface area is 135 Å². The Balaban J connectivity index is 1.94. The number of hydrogen-bond donors (Lipinski definition) is 4. The predicted octanol–water partition coefficient (Wildman–Crippen LogP) is 2.58. The van der Waals surface area contributed by atoms with E-state index in [1.165, 1.54) is 6.21 Å². The van der Waals surface area contributed by atoms with Crippen LogP contribution >= 0.6 is 10.6 Å². The summed E-state index contributed by atoms with van der Waals surface area (Å²) in [5, 5.41) is 20.6. The molecule has 2 aromatic rings. The first-order valence-electron chi connectivity index (χ1n) is 7.56. The lowest BCUT2D eigenvalue weighted by Crippen LogP contribution is -2.30. The van der Waals surface area contributed by atoms with Crippen LogP contribution in [0.5, 0.6) is 0 Å². The maximum Gasteiger partial charge on any atom is 0.159 e. The highest BCUT2D eigenvalue weighted by atomic mass is 32.3. The predicted molar refractivity (Wildman–Crippen MR) is 91.8 cm³/mol. The summed E-state index contributed by atoms with van der Waals surface area (Å²) in [6, 6.07) is 0.136. The number of aryl methyl sites for hydroxylation is 1. The summed E-state index contributed by atoms with van der Waals surface area (Å²) in [7, 11) is -2.41. The molecular formula is C14H21N5O3S. The Morgan fingerprint density at radius 1 is 1.39 bits per heavy atom. The van der Waals surface area contributed by atoms with Crippen LogP contribution in [0, 0.1) is 0 Å². The van der Waals surface area contributed by atoms with Crippen LogP contribution in [0.15, 0.2) is 17.5 Å². The number of pyridine rings is 1. The Kier molecular flexibility index (Phi) is 4.42. The number of hydrogen-bond acceptors (Lipinski definition) is 7. The molecule has 0 saturated carbocycles. The van der Waals surface area contributed by atoms with Crippen LogP contribution in [-0.2, 0) is 6.54 Å². The largest absolute Gasteiger partial charge is 0.411 e. The topological polar surface area (TPSA) is 116 Å². The third-order valence-corrected chi connectivity index (χ3v) is 5.91. The third kappa shape index (κ3) is 3.26. The number of fused-ring (bicyclic) bond motifs is 1. The molecule has 9 heteroatoms. The molecule has 1 saturated heterocycles. The van der Waals surface area contributed by atoms with Crippen LogP contribution < -0.4 is 5.32 Å². The summed E-state index contributed by atoms with van der Waals surface area (Å²) in [5.74, 6) is 0.826. The number of anilines is 1. The van der Waals surface area contributed by atoms with Gasteiger partial charge in [0.1, 0.15) is 0 Å². The number of oxime groups is 1. The summed E-state index contributed by atoms with van der Waals surface area (Å²) in [6.45, 7) is 2.71. The van der Waals surface area contributed by atoms with Crippen LogP contribution in [0.4, 0.5) is 5.69 Å². The van der Waals surface area contributed by atoms with Crippen LogP contribution in [0.2, 0.25) is 0 Å². The van der Waals surface area contributed by atoms with Gasteiger partial charge in [-0.05, 0) is 19.8 Å². The first-order chi connectivity index (χ1) is 11.0. The van der Waals surface area contributed by atoms with Crippen molar-refractivity contribution >= 4 is 33.5 Å². The highest BCUT2D eigenvalue weighted by Gasteiger charge is 2.25. The van der Waals surface area contributed by atoms with Gasteiger partial charge in [-0.3, -0.25) is 9.11 Å². The lowest BCUT2D eigenvalue weighted by atomic mass is 10.1. The summed E-state index contributed by atoms with van der Waals surface area (Å²) in [4.78, 5) is 4.39. The normalized spacial score (nSPS) is 20.1. The first kappa shape index (κ1) is 16.0. The minimum absolute atomic E-state index is 0.136. The van der Waals surface area contributed by atoms with Crippen molar-refractivity contribution in [1.82, 2.24) is 14.8 Å². The number of nitrogens with zero attached hydrogens (tertiary/aromatic N) is 4. The average molecular weight is 339 g/mol. The summed E-state index contributed by atoms with van der Waals surface area (Å²) >= 11 is 0. The lowest BCUT2D eigenvalue weighted by molar-refractivity contribution is 0.322. The van der Waals surface area contributed by atoms with Gasteiger partial charge in [0.05, 0.1) is 23.5 Å². The first-order valence-corrected chi connectivity index (χ1v) is 9.44. The molecule has 0 atom stereocenters. The molecule has 0 aromatic carbocycles. The average Bonchev–Trinajstić information content (AvgIpc) is 2.95. The summed E-state index contributed by atoms with van der Waals surface area (Å²) < 4.78 is 21.3. The zero-order chi connectivity index (χ0) is 16.4. The van der Waals surface area contributed by atoms with Crippen molar-refractivity contribution in [2.45, 2.75) is 32.4 Å². The Hall–Kier alpha value is -1.84. The number of nitrogens with one attached hydrogen (secondary N) is 1. The van der Waals surface area contributed by atoms with E-state index >= 15 is 0 Å². The van der Waals surface area contributed by atoms with Gasteiger partial charge >= 0.3 is 0 Å². The van der Waals surface area contributed by atoms with E-state index in [1.807, 2.05) is 6.92 Å². The van der Waals surface area contributed by atoms with E-state index in [4.69, 9.17) is 5.21 Å². The molecule has 0 spiro atoms. The monoisotopic (exact) mass is 339 g/mol. The molecule has 0 bridgehead atoms. The molecule has 1 fully saturated rings. The molecular weight excluding hydrogens is 318 g/mol. The lowest BCUT2D eigenvalue weighted by Gasteiger charge is -2.39. The molecule has 0 unspecified atom stereocenters. The smallest absolute Gasteiger partial charge is 0.159 e. The SMILES string of the molecule is CCn1ncc2c(NC3CCS(O)(O)CC3)c(/C=N\O)cnc21. The molecule has 126 valence electrons. The fraction of sp³-hybridized carbons (Fsp3) is 0.500. The van der Waals surface area contributed by atoms with E-state index in [9.17, 15) is 9.11 Å². The van der Waals surface area contributed by atoms with E-state index in [0.29, 0.717) is 36.5 Å². The highest BCUT2D eigenvalue weighted by molar-refractivity contribution is 8.24. The molecule has 2 aromatic heterocycles. The van der Waals surface area contributed by atoms with Gasteiger partial charge in [0.15, 0.2) is 5.65 Å². The Bertz CT molecular complexity index is 721. The van der Waals surface area contributed by atoms with Crippen molar-refractivity contribution in [3.8, 4) is 0 Å². The van der Waals surface area contributed by atoms with Crippen molar-refractivity contribution in [3.05, 3.63) is 18.0 Å². The molecule has 0 aliphatic carbocycles. The van der Waals surface area contributed by atoms with E-state index in [0.717, 1.165) is 16.7 Å². The maximum absolute atomic E-state index is 9.74. The fourth-order valence-corrected chi connectivity index (χ4v) is 4.38. The number of rotatable bonds is 4. The molecule has 4 N–H and O–H groups in total. The van der Waals surface area contributed by atoms with Gasteiger partial charge in [-0.1, -0.05) is 5.16 Å². The second kappa shape index (κ2) is 6.34. The minimum atomic E-state index is -2.41. The van der Waals surface area contributed by atoms with Crippen LogP contribution in [0.3, 0.4) is 0 Å². The summed E-state index contributed by atoms with van der Waals surface area (Å²) in [5.41, 5.74) is 2.26. The second-order valence-electron chi connectivity index (χ2n) is 5.66. The van der Waals surface area contributed by atoms with Crippen molar-refractivity contribution in [2.24, 2.45) is 5.16 Å². The van der Waals surface area contributed by atoms with E-state index in [-0.39, 0.29) is 6.04 Å². The maximum atomic E-state index is 9.74. The van der Waals surface area contributed by atoms with E-state index < -0.39 is 10.6 Å². The molecule has 1 aliphatic rings. The zero-order valence-corrected chi connectivity index (χ0v) is 13.7. The number of aromatic nitrogens is 3. The van der Waals surface area contributed by atoms with E-state index in [2.05, 4.69) is 20.6 Å². The van der Waals surface area contributed by atoms with Gasteiger partial charge in [-0.15, -0.1) is 0 Å². The van der Waals surface area contributed by atoms with Crippen molar-refractivity contribution < 1.29 is 14.3 Å². The molecule has 1 aliphatic heterocycles. The van der Waals surface area contributed by atoms with Gasteiger partial charge in [0.25, 0.3) is 0 Å². The van der Waals surface area contributed by atoms with Gasteiger partial charge in [-0.2, -0.15) is 15.7 Å². The molecule has 3 heterocycles. The molecule has 0 radical (unpaired) electrons. The van der Waals surface area contributed by atoms with Crippen LogP contribution in [0.1, 0.15) is 25.3 Å². The standard InChI is InChI=1S/C14H21N5O3S/c1-2-19-14-12(9-16-19)13(10(7-15-14)8-17-20)18-11-3-5-23(21,22)6-4-11/h7-9,11,20-22H,2-6H2,1H3,(H,15,18)/b17-8-. The third-order valence-electron chi connectivity index (χ3n) is 4.13. The quantitative estimate of drug-likeness (QED) is 0.386. The second-order valence-corrected chi connectivity index (χ2v) is 8.08. The highest BCUT2D eigenvalue weighted by Crippen LogP contribution is 2.44. The Morgan fingerprint density at radius 3 is 2.78 bits per heavy atom. The van der Waals surface area contributed by atoms with Crippen LogP contribution in [0.25, 0.3) is 11.0 Å². The van der Waals surface area contributed by atoms with E-state index in [1.54, 1.807) is 17.1 Å². The van der Waals surface area contributed by atoms with Gasteiger partial charge in [0, 0.05) is 35.9 Å². The minimum Gasteiger partial charge on any atom is -0.411 e. The fourth-order valence-electron chi connectivity index (χ4n) is 2.85. The zero-order valence-electron chi connectivity index (χ0n) is 12.9. The molecule has 23 heavy (non-hydrogen) atoms. The van der Waals surface area contributed by atoms with Crippen LogP contribution in [-0.4, -0.2) is 52.8 Å². The van der Waals surface area contributed by atoms with Gasteiger partial charge < -0.3 is 10.5 Å². The van der Waals surface area contributed by atoms with Crippen molar-refractivity contribution in [2.75, 3.05) is 16.8 Å². The Morgan fingerprint density at radius 2 is 2.13 bits per heavy atom.